The smallest absolute Gasteiger partial charge is 0.335 e. The number of aliphatic hydroxyl groups excluding tert-OH is 2. The minimum absolute atomic E-state index is 0.0355. The van der Waals surface area contributed by atoms with Crippen molar-refractivity contribution >= 4 is 17.4 Å². The van der Waals surface area contributed by atoms with E-state index in [-0.39, 0.29) is 46.6 Å². The maximum Gasteiger partial charge on any atom is 0.335 e. The molecular weight excluding hydrogens is 574 g/mol. The Morgan fingerprint density at radius 1 is 0.935 bits per heavy atom. The summed E-state index contributed by atoms with van der Waals surface area (Å²) in [5, 5.41) is 31.9. The number of amides is 1. The summed E-state index contributed by atoms with van der Waals surface area (Å²) in [5.41, 5.74) is 3.97. The fraction of sp³-hybridized carbons (Fsp3) is 0.700. The van der Waals surface area contributed by atoms with Crippen LogP contribution in [0.1, 0.15) is 115 Å². The normalized spacial score (nSPS) is 41.6. The van der Waals surface area contributed by atoms with Gasteiger partial charge in [0.2, 0.25) is 5.91 Å². The first-order chi connectivity index (χ1) is 21.6. The highest BCUT2D eigenvalue weighted by Gasteiger charge is 2.71. The molecule has 5 aliphatic rings. The van der Waals surface area contributed by atoms with E-state index in [0.29, 0.717) is 29.2 Å². The molecule has 0 bridgehead atoms. The Morgan fingerprint density at radius 3 is 2.26 bits per heavy atom. The Morgan fingerprint density at radius 2 is 1.63 bits per heavy atom. The molecule has 0 spiro atoms. The molecule has 0 aliphatic heterocycles. The highest BCUT2D eigenvalue weighted by Crippen LogP contribution is 2.77. The number of carbonyl (C=O) groups is 2. The monoisotopic (exact) mass is 631 g/mol. The molecule has 4 N–H and O–H groups in total. The number of hydrogen-bond acceptors (Lipinski definition) is 4. The Bertz CT molecular complexity index is 1430. The van der Waals surface area contributed by atoms with E-state index in [2.05, 4.69) is 59.5 Å². The first-order valence-corrected chi connectivity index (χ1v) is 17.8. The maximum atomic E-state index is 14.1. The summed E-state index contributed by atoms with van der Waals surface area (Å²) in [6.07, 6.45) is 11.0. The molecule has 10 atom stereocenters. The summed E-state index contributed by atoms with van der Waals surface area (Å²) >= 11 is 0. The Labute approximate surface area is 276 Å². The van der Waals surface area contributed by atoms with Crippen molar-refractivity contribution < 1.29 is 24.9 Å². The Kier molecular flexibility index (Phi) is 8.24. The van der Waals surface area contributed by atoms with E-state index >= 15 is 0 Å². The van der Waals surface area contributed by atoms with Crippen molar-refractivity contribution in [1.82, 2.24) is 5.32 Å². The van der Waals surface area contributed by atoms with Crippen molar-refractivity contribution in [3.8, 4) is 0 Å². The number of aromatic carboxylic acids is 1. The average molecular weight is 632 g/mol. The van der Waals surface area contributed by atoms with E-state index in [1.54, 1.807) is 12.1 Å². The van der Waals surface area contributed by atoms with Gasteiger partial charge in [0.05, 0.1) is 23.7 Å². The van der Waals surface area contributed by atoms with Gasteiger partial charge in [0, 0.05) is 6.54 Å². The van der Waals surface area contributed by atoms with E-state index in [1.807, 2.05) is 12.1 Å². The topological polar surface area (TPSA) is 107 Å². The molecule has 1 amide bonds. The lowest BCUT2D eigenvalue weighted by Crippen LogP contribution is -2.66. The zero-order valence-electron chi connectivity index (χ0n) is 29.0. The molecule has 252 valence electrons. The fourth-order valence-electron chi connectivity index (χ4n) is 12.9. The molecule has 0 saturated heterocycles. The first-order valence-electron chi connectivity index (χ1n) is 17.8. The minimum atomic E-state index is -0.935. The molecule has 46 heavy (non-hydrogen) atoms. The molecule has 0 heterocycles. The van der Waals surface area contributed by atoms with E-state index in [4.69, 9.17) is 0 Å². The molecule has 6 nitrogen and oxygen atoms in total. The van der Waals surface area contributed by atoms with E-state index in [0.717, 1.165) is 44.1 Å². The van der Waals surface area contributed by atoms with Gasteiger partial charge in [-0.15, -0.1) is 0 Å². The number of fused-ring (bicyclic) bond motifs is 7. The first kappa shape index (κ1) is 33.5. The minimum Gasteiger partial charge on any atom is -0.478 e. The Hall–Kier alpha value is -2.44. The van der Waals surface area contributed by atoms with Gasteiger partial charge in [-0.1, -0.05) is 65.0 Å². The summed E-state index contributed by atoms with van der Waals surface area (Å²) in [5.74, 6) is 1.31. The predicted molar refractivity (Wildman–Crippen MR) is 182 cm³/mol. The van der Waals surface area contributed by atoms with Gasteiger partial charge in [-0.3, -0.25) is 4.79 Å². The van der Waals surface area contributed by atoms with E-state index in [1.165, 1.54) is 30.4 Å². The second-order valence-electron chi connectivity index (χ2n) is 17.3. The number of allylic oxidation sites excluding steroid dienone is 3. The van der Waals surface area contributed by atoms with Crippen molar-refractivity contribution in [2.75, 3.05) is 13.2 Å². The lowest BCUT2D eigenvalue weighted by Gasteiger charge is -2.72. The van der Waals surface area contributed by atoms with Crippen LogP contribution in [0, 0.1) is 56.7 Å². The quantitative estimate of drug-likeness (QED) is 0.233. The summed E-state index contributed by atoms with van der Waals surface area (Å²) in [6.45, 7) is 18.9. The van der Waals surface area contributed by atoms with Crippen molar-refractivity contribution in [3.05, 3.63) is 53.6 Å². The fourth-order valence-corrected chi connectivity index (χ4v) is 12.9. The number of hydrogen-bond donors (Lipinski definition) is 4. The van der Waals surface area contributed by atoms with Gasteiger partial charge in [-0.05, 0) is 139 Å². The van der Waals surface area contributed by atoms with Crippen molar-refractivity contribution in [2.24, 2.45) is 56.7 Å². The molecule has 4 saturated carbocycles. The largest absolute Gasteiger partial charge is 0.478 e. The average Bonchev–Trinajstić information content (AvgIpc) is 3.41. The van der Waals surface area contributed by atoms with Crippen LogP contribution in [-0.4, -0.2) is 46.5 Å². The lowest BCUT2D eigenvalue weighted by molar-refractivity contribution is -0.225. The van der Waals surface area contributed by atoms with Gasteiger partial charge in [0.1, 0.15) is 0 Å². The zero-order valence-corrected chi connectivity index (χ0v) is 29.0. The molecule has 5 aliphatic carbocycles. The van der Waals surface area contributed by atoms with Crippen molar-refractivity contribution in [3.63, 3.8) is 0 Å². The lowest BCUT2D eigenvalue weighted by atomic mass is 9.32. The molecular formula is C40H57NO5. The molecule has 6 heteroatoms. The van der Waals surface area contributed by atoms with E-state index in [9.17, 15) is 24.9 Å². The van der Waals surface area contributed by atoms with Gasteiger partial charge in [-0.2, -0.15) is 0 Å². The van der Waals surface area contributed by atoms with Gasteiger partial charge < -0.3 is 20.6 Å². The number of carboxylic acids is 1. The van der Waals surface area contributed by atoms with Crippen LogP contribution in [0.4, 0.5) is 0 Å². The third-order valence-corrected chi connectivity index (χ3v) is 15.2. The van der Waals surface area contributed by atoms with Crippen LogP contribution >= 0.6 is 0 Å². The molecule has 10 unspecified atom stereocenters. The SMILES string of the molecule is C=C(C)C1CCC2(C(=O)NCC(O)CO)CCC3(C)C(CCC4C5(C)CC=C(c6ccc(C(=O)O)cc6)C(C)(C)C5CCC43C)C12. The highest BCUT2D eigenvalue weighted by atomic mass is 16.4. The second-order valence-corrected chi connectivity index (χ2v) is 17.3. The van der Waals surface area contributed by atoms with Crippen LogP contribution in [0.3, 0.4) is 0 Å². The van der Waals surface area contributed by atoms with Crippen LogP contribution in [0.5, 0.6) is 0 Å². The van der Waals surface area contributed by atoms with Crippen LogP contribution in [-0.2, 0) is 4.79 Å². The standard InChI is InChI=1S/C40H57NO5/c1-24(2)28-14-19-40(35(46)41-22-27(43)23-42)21-20-38(6)30(33(28)40)12-13-32-37(5)17-15-29(25-8-10-26(11-9-25)34(44)45)36(3,4)31(37)16-18-39(32,38)7/h8-11,15,27-28,30-33,42-43H,1,12-14,16-23H2,2-7H3,(H,41,46)(H,44,45). The number of carbonyl (C=O) groups excluding carboxylic acids is 1. The number of nitrogens with one attached hydrogen (secondary N) is 1. The van der Waals surface area contributed by atoms with Crippen molar-refractivity contribution in [2.45, 2.75) is 105 Å². The van der Waals surface area contributed by atoms with Crippen LogP contribution in [0.15, 0.2) is 42.5 Å². The van der Waals surface area contributed by atoms with Crippen LogP contribution in [0.2, 0.25) is 0 Å². The highest BCUT2D eigenvalue weighted by molar-refractivity contribution is 5.88. The van der Waals surface area contributed by atoms with Crippen molar-refractivity contribution in [1.29, 1.82) is 0 Å². The van der Waals surface area contributed by atoms with Gasteiger partial charge in [0.25, 0.3) is 0 Å². The number of carboxylic acid groups (broad SMARTS) is 1. The van der Waals surface area contributed by atoms with Gasteiger partial charge in [0.15, 0.2) is 0 Å². The molecule has 4 fully saturated rings. The van der Waals surface area contributed by atoms with Crippen LogP contribution in [0.25, 0.3) is 5.57 Å². The van der Waals surface area contributed by atoms with Gasteiger partial charge >= 0.3 is 5.97 Å². The summed E-state index contributed by atoms with van der Waals surface area (Å²) in [7, 11) is 0. The summed E-state index contributed by atoms with van der Waals surface area (Å²) in [4.78, 5) is 25.6. The second kappa shape index (κ2) is 11.3. The third-order valence-electron chi connectivity index (χ3n) is 15.2. The molecule has 6 rings (SSSR count). The predicted octanol–water partition coefficient (Wildman–Crippen LogP) is 7.51. The third kappa shape index (κ3) is 4.63. The molecule has 0 radical (unpaired) electrons. The number of rotatable bonds is 7. The maximum absolute atomic E-state index is 14.1. The zero-order chi connectivity index (χ0) is 33.4. The number of benzene rings is 1. The Balaban J connectivity index is 1.33. The molecule has 1 aromatic carbocycles. The molecule has 0 aromatic heterocycles. The van der Waals surface area contributed by atoms with Crippen LogP contribution < -0.4 is 5.32 Å². The van der Waals surface area contributed by atoms with E-state index < -0.39 is 17.5 Å². The summed E-state index contributed by atoms with van der Waals surface area (Å²) in [6, 6.07) is 7.46. The van der Waals surface area contributed by atoms with Gasteiger partial charge in [-0.25, -0.2) is 4.79 Å². The molecule has 1 aromatic rings. The number of aliphatic hydroxyl groups is 2. The summed E-state index contributed by atoms with van der Waals surface area (Å²) < 4.78 is 0.